The van der Waals surface area contributed by atoms with Crippen molar-refractivity contribution in [2.24, 2.45) is 0 Å². The minimum atomic E-state index is -0.685. The Morgan fingerprint density at radius 1 is 1.33 bits per heavy atom. The van der Waals surface area contributed by atoms with E-state index in [4.69, 9.17) is 9.47 Å². The fourth-order valence-corrected chi connectivity index (χ4v) is 2.85. The zero-order valence-electron chi connectivity index (χ0n) is 15.5. The molecule has 0 saturated carbocycles. The molecule has 0 spiro atoms. The van der Waals surface area contributed by atoms with Gasteiger partial charge >= 0.3 is 12.0 Å². The van der Waals surface area contributed by atoms with Crippen LogP contribution in [0.25, 0.3) is 6.08 Å². The van der Waals surface area contributed by atoms with Gasteiger partial charge < -0.3 is 19.5 Å². The number of nitrogens with zero attached hydrogens (tertiary/aromatic N) is 1. The van der Waals surface area contributed by atoms with Gasteiger partial charge in [-0.05, 0) is 53.0 Å². The Morgan fingerprint density at radius 2 is 2.04 bits per heavy atom. The summed E-state index contributed by atoms with van der Waals surface area (Å²) in [5.41, 5.74) is 0.659. The van der Waals surface area contributed by atoms with E-state index < -0.39 is 24.5 Å². The third kappa shape index (κ3) is 4.79. The van der Waals surface area contributed by atoms with Crippen LogP contribution in [0.1, 0.15) is 25.8 Å². The second-order valence-electron chi connectivity index (χ2n) is 5.83. The molecule has 1 aliphatic heterocycles. The highest BCUT2D eigenvalue weighted by molar-refractivity contribution is 9.10. The minimum Gasteiger partial charge on any atom is -0.493 e. The van der Waals surface area contributed by atoms with Crippen LogP contribution >= 0.6 is 15.9 Å². The van der Waals surface area contributed by atoms with E-state index in [-0.39, 0.29) is 11.8 Å². The third-order valence-corrected chi connectivity index (χ3v) is 4.52. The molecule has 1 atom stereocenters. The van der Waals surface area contributed by atoms with Crippen molar-refractivity contribution in [3.05, 3.63) is 27.9 Å². The zero-order valence-corrected chi connectivity index (χ0v) is 17.1. The van der Waals surface area contributed by atoms with E-state index in [1.165, 1.54) is 20.3 Å². The summed E-state index contributed by atoms with van der Waals surface area (Å²) in [7, 11) is 2.70. The van der Waals surface area contributed by atoms with E-state index in [9.17, 15) is 14.4 Å². The van der Waals surface area contributed by atoms with Crippen molar-refractivity contribution in [1.29, 1.82) is 0 Å². The number of imide groups is 1. The van der Waals surface area contributed by atoms with Crippen molar-refractivity contribution in [1.82, 2.24) is 10.2 Å². The van der Waals surface area contributed by atoms with Gasteiger partial charge in [-0.3, -0.25) is 9.59 Å². The first-order valence-corrected chi connectivity index (χ1v) is 9.05. The Balaban J connectivity index is 2.31. The van der Waals surface area contributed by atoms with Crippen molar-refractivity contribution in [3.63, 3.8) is 0 Å². The maximum atomic E-state index is 12.4. The number of carbonyl (C=O) groups excluding carboxylic acids is 3. The van der Waals surface area contributed by atoms with Crippen LogP contribution in [0.2, 0.25) is 0 Å². The molecule has 146 valence electrons. The largest absolute Gasteiger partial charge is 0.493 e. The molecule has 9 heteroatoms. The Kier molecular flexibility index (Phi) is 6.84. The molecule has 0 radical (unpaired) electrons. The monoisotopic (exact) mass is 440 g/mol. The van der Waals surface area contributed by atoms with Crippen molar-refractivity contribution in [2.75, 3.05) is 20.8 Å². The Morgan fingerprint density at radius 3 is 2.63 bits per heavy atom. The third-order valence-electron chi connectivity index (χ3n) is 3.93. The summed E-state index contributed by atoms with van der Waals surface area (Å²) in [5, 5.41) is 2.45. The topological polar surface area (TPSA) is 94.2 Å². The van der Waals surface area contributed by atoms with Gasteiger partial charge in [0.15, 0.2) is 11.5 Å². The van der Waals surface area contributed by atoms with Gasteiger partial charge in [-0.15, -0.1) is 0 Å². The van der Waals surface area contributed by atoms with E-state index in [0.717, 1.165) is 11.3 Å². The number of amides is 3. The van der Waals surface area contributed by atoms with E-state index in [2.05, 4.69) is 26.0 Å². The quantitative estimate of drug-likeness (QED) is 0.397. The smallest absolute Gasteiger partial charge is 0.329 e. The van der Waals surface area contributed by atoms with Crippen molar-refractivity contribution >= 4 is 39.9 Å². The second-order valence-corrected chi connectivity index (χ2v) is 6.68. The molecule has 1 aromatic rings. The van der Waals surface area contributed by atoms with Gasteiger partial charge in [-0.1, -0.05) is 6.92 Å². The molecule has 1 saturated heterocycles. The molecule has 27 heavy (non-hydrogen) atoms. The molecule has 0 unspecified atom stereocenters. The number of urea groups is 1. The molecule has 1 aliphatic rings. The van der Waals surface area contributed by atoms with Crippen LogP contribution in [-0.4, -0.2) is 49.7 Å². The van der Waals surface area contributed by atoms with Crippen LogP contribution in [0.5, 0.6) is 11.5 Å². The predicted molar refractivity (Wildman–Crippen MR) is 101 cm³/mol. The standard InChI is InChI=1S/C18H21BrN2O6/c1-5-10(2)27-16-12(19)6-11(8-14(16)25-3)7-13-17(23)21(18(24)20-13)9-15(22)26-4/h6-8,10H,5,9H2,1-4H3,(H,20,24)/b13-7+/t10-/m1/s1. The van der Waals surface area contributed by atoms with Gasteiger partial charge in [0.05, 0.1) is 24.8 Å². The highest BCUT2D eigenvalue weighted by Gasteiger charge is 2.35. The summed E-state index contributed by atoms with van der Waals surface area (Å²) < 4.78 is 16.4. The molecule has 1 fully saturated rings. The maximum Gasteiger partial charge on any atom is 0.329 e. The molecule has 1 aromatic carbocycles. The van der Waals surface area contributed by atoms with Crippen LogP contribution in [0, 0.1) is 0 Å². The summed E-state index contributed by atoms with van der Waals surface area (Å²) in [6.07, 6.45) is 2.33. The van der Waals surface area contributed by atoms with Crippen LogP contribution in [0.15, 0.2) is 22.3 Å². The molecular formula is C18H21BrN2O6. The fourth-order valence-electron chi connectivity index (χ4n) is 2.30. The van der Waals surface area contributed by atoms with Crippen LogP contribution in [0.4, 0.5) is 4.79 Å². The average Bonchev–Trinajstić information content (AvgIpc) is 2.90. The van der Waals surface area contributed by atoms with Gasteiger partial charge in [0.2, 0.25) is 0 Å². The van der Waals surface area contributed by atoms with Crippen LogP contribution < -0.4 is 14.8 Å². The molecule has 1 heterocycles. The van der Waals surface area contributed by atoms with Gasteiger partial charge in [0, 0.05) is 0 Å². The van der Waals surface area contributed by atoms with Crippen molar-refractivity contribution in [3.8, 4) is 11.5 Å². The normalized spacial score (nSPS) is 16.3. The lowest BCUT2D eigenvalue weighted by Gasteiger charge is -2.17. The van der Waals surface area contributed by atoms with E-state index >= 15 is 0 Å². The number of methoxy groups -OCH3 is 2. The highest BCUT2D eigenvalue weighted by Crippen LogP contribution is 2.38. The number of esters is 1. The first-order valence-electron chi connectivity index (χ1n) is 8.26. The lowest BCUT2D eigenvalue weighted by atomic mass is 10.1. The molecular weight excluding hydrogens is 420 g/mol. The molecule has 8 nitrogen and oxygen atoms in total. The number of halogens is 1. The highest BCUT2D eigenvalue weighted by atomic mass is 79.9. The lowest BCUT2D eigenvalue weighted by Crippen LogP contribution is -2.36. The first-order chi connectivity index (χ1) is 12.8. The summed E-state index contributed by atoms with van der Waals surface area (Å²) in [6, 6.07) is 2.76. The molecule has 0 aliphatic carbocycles. The fraction of sp³-hybridized carbons (Fsp3) is 0.389. The second kappa shape index (κ2) is 8.90. The number of carbonyl (C=O) groups is 3. The Bertz CT molecular complexity index is 792. The average molecular weight is 441 g/mol. The van der Waals surface area contributed by atoms with Crippen LogP contribution in [-0.2, 0) is 14.3 Å². The number of rotatable bonds is 7. The minimum absolute atomic E-state index is 0.00184. The van der Waals surface area contributed by atoms with E-state index in [0.29, 0.717) is 21.5 Å². The van der Waals surface area contributed by atoms with Gasteiger partial charge in [-0.25, -0.2) is 9.69 Å². The van der Waals surface area contributed by atoms with Crippen molar-refractivity contribution in [2.45, 2.75) is 26.4 Å². The van der Waals surface area contributed by atoms with Crippen LogP contribution in [0.3, 0.4) is 0 Å². The van der Waals surface area contributed by atoms with E-state index in [1.807, 2.05) is 13.8 Å². The van der Waals surface area contributed by atoms with Gasteiger partial charge in [-0.2, -0.15) is 0 Å². The Labute approximate surface area is 165 Å². The summed E-state index contributed by atoms with van der Waals surface area (Å²) in [4.78, 5) is 36.4. The zero-order chi connectivity index (χ0) is 20.1. The SMILES string of the molecule is CC[C@@H](C)Oc1c(Br)cc(/C=C2/NC(=O)N(CC(=O)OC)C2=O)cc1OC. The number of hydrogen-bond donors (Lipinski definition) is 1. The summed E-state index contributed by atoms with van der Waals surface area (Å²) >= 11 is 3.45. The molecule has 2 rings (SSSR count). The number of hydrogen-bond acceptors (Lipinski definition) is 6. The molecule has 0 aromatic heterocycles. The lowest BCUT2D eigenvalue weighted by molar-refractivity contribution is -0.143. The number of ether oxygens (including phenoxy) is 3. The maximum absolute atomic E-state index is 12.4. The molecule has 3 amide bonds. The van der Waals surface area contributed by atoms with Gasteiger partial charge in [0.1, 0.15) is 12.2 Å². The van der Waals surface area contributed by atoms with Gasteiger partial charge in [0.25, 0.3) is 5.91 Å². The predicted octanol–water partition coefficient (Wildman–Crippen LogP) is 2.70. The summed E-state index contributed by atoms with van der Waals surface area (Å²) in [6.45, 7) is 3.51. The van der Waals surface area contributed by atoms with E-state index in [1.54, 1.807) is 12.1 Å². The number of benzene rings is 1. The van der Waals surface area contributed by atoms with Crippen molar-refractivity contribution < 1.29 is 28.6 Å². The first kappa shape index (κ1) is 20.8. The summed E-state index contributed by atoms with van der Waals surface area (Å²) in [5.74, 6) is -0.251. The molecule has 0 bridgehead atoms. The Hall–Kier alpha value is -2.55. The molecule has 1 N–H and O–H groups in total. The number of nitrogens with one attached hydrogen (secondary N) is 1.